The molecule has 2 atom stereocenters. The highest BCUT2D eigenvalue weighted by molar-refractivity contribution is 5.93. The average Bonchev–Trinajstić information content (AvgIpc) is 2.87. The van der Waals surface area contributed by atoms with Crippen LogP contribution in [-0.4, -0.2) is 36.1 Å². The predicted octanol–water partition coefficient (Wildman–Crippen LogP) is 6.12. The van der Waals surface area contributed by atoms with Crippen molar-refractivity contribution in [3.8, 4) is 0 Å². The van der Waals surface area contributed by atoms with Crippen molar-refractivity contribution in [1.82, 2.24) is 10.6 Å². The van der Waals surface area contributed by atoms with E-state index in [1.807, 2.05) is 0 Å². The number of aliphatic imine (C=N–C) groups is 1. The summed E-state index contributed by atoms with van der Waals surface area (Å²) >= 11 is 0. The van der Waals surface area contributed by atoms with E-state index in [9.17, 15) is 5.11 Å². The summed E-state index contributed by atoms with van der Waals surface area (Å²) in [4.78, 5) is 4.88. The Morgan fingerprint density at radius 2 is 1.63 bits per heavy atom. The molecule has 3 N–H and O–H groups in total. The van der Waals surface area contributed by atoms with Crippen LogP contribution in [0, 0.1) is 5.41 Å². The largest absolute Gasteiger partial charge is 0.395 e. The Morgan fingerprint density at radius 3 is 2.10 bits per heavy atom. The van der Waals surface area contributed by atoms with Gasteiger partial charge in [-0.1, -0.05) is 85.1 Å². The zero-order chi connectivity index (χ0) is 22.6. The van der Waals surface area contributed by atoms with E-state index in [2.05, 4.69) is 65.2 Å². The Labute approximate surface area is 186 Å². The fourth-order valence-electron chi connectivity index (χ4n) is 3.27. The van der Waals surface area contributed by atoms with E-state index < -0.39 is 0 Å². The zero-order valence-electron chi connectivity index (χ0n) is 20.9. The van der Waals surface area contributed by atoms with Gasteiger partial charge in [-0.05, 0) is 38.2 Å². The Morgan fingerprint density at radius 1 is 1.07 bits per heavy atom. The highest BCUT2D eigenvalue weighted by Crippen LogP contribution is 2.26. The van der Waals surface area contributed by atoms with Crippen LogP contribution in [0.1, 0.15) is 106 Å². The molecule has 4 heteroatoms. The predicted molar refractivity (Wildman–Crippen MR) is 132 cm³/mol. The van der Waals surface area contributed by atoms with Gasteiger partial charge in [-0.15, -0.1) is 0 Å². The van der Waals surface area contributed by atoms with E-state index in [1.165, 1.54) is 56.2 Å². The maximum atomic E-state index is 9.47. The van der Waals surface area contributed by atoms with Crippen LogP contribution in [0.25, 0.3) is 0 Å². The average molecular weight is 420 g/mol. The fourth-order valence-corrected chi connectivity index (χ4v) is 3.27. The van der Waals surface area contributed by atoms with E-state index in [4.69, 9.17) is 4.99 Å². The summed E-state index contributed by atoms with van der Waals surface area (Å²) in [6, 6.07) is 0.491. The fraction of sp³-hybridized carbons (Fsp3) is 0.808. The number of hydrogen-bond acceptors (Lipinski definition) is 4. The van der Waals surface area contributed by atoms with Gasteiger partial charge in [0.05, 0.1) is 30.3 Å². The lowest BCUT2D eigenvalue weighted by atomic mass is 9.87. The van der Waals surface area contributed by atoms with Gasteiger partial charge in [0.15, 0.2) is 0 Å². The van der Waals surface area contributed by atoms with Crippen LogP contribution in [0.5, 0.6) is 0 Å². The van der Waals surface area contributed by atoms with Crippen LogP contribution >= 0.6 is 0 Å². The van der Waals surface area contributed by atoms with Gasteiger partial charge in [0.2, 0.25) is 0 Å². The first-order valence-electron chi connectivity index (χ1n) is 12.3. The first-order valence-corrected chi connectivity index (χ1v) is 12.3. The summed E-state index contributed by atoms with van der Waals surface area (Å²) in [7, 11) is 0. The second-order valence-electron chi connectivity index (χ2n) is 10.0. The zero-order valence-corrected chi connectivity index (χ0v) is 20.9. The van der Waals surface area contributed by atoms with Gasteiger partial charge in [0.25, 0.3) is 0 Å². The molecule has 174 valence electrons. The quantitative estimate of drug-likeness (QED) is 0.516. The molecule has 4 nitrogen and oxygen atoms in total. The van der Waals surface area contributed by atoms with Gasteiger partial charge in [-0.3, -0.25) is 4.99 Å². The van der Waals surface area contributed by atoms with Crippen LogP contribution in [0.15, 0.2) is 28.0 Å². The molecule has 1 saturated heterocycles. The van der Waals surface area contributed by atoms with Crippen molar-refractivity contribution in [2.45, 2.75) is 118 Å². The van der Waals surface area contributed by atoms with Crippen molar-refractivity contribution < 1.29 is 5.11 Å². The molecule has 0 bridgehead atoms. The Balaban J connectivity index is 0.000000548. The van der Waals surface area contributed by atoms with Crippen LogP contribution < -0.4 is 10.6 Å². The topological polar surface area (TPSA) is 56.6 Å². The molecule has 1 saturated carbocycles. The normalized spacial score (nSPS) is 24.8. The number of aliphatic hydroxyl groups excluding tert-OH is 1. The van der Waals surface area contributed by atoms with E-state index in [1.54, 1.807) is 0 Å². The summed E-state index contributed by atoms with van der Waals surface area (Å²) < 4.78 is 0. The summed E-state index contributed by atoms with van der Waals surface area (Å²) in [6.07, 6.45) is 14.0. The molecule has 1 aliphatic carbocycles. The monoisotopic (exact) mass is 419 g/mol. The minimum absolute atomic E-state index is 0.177. The molecule has 0 amide bonds. The maximum Gasteiger partial charge on any atom is 0.0604 e. The number of aliphatic hydroxyl groups is 1. The van der Waals surface area contributed by atoms with E-state index in [0.717, 1.165) is 30.8 Å². The lowest BCUT2D eigenvalue weighted by Crippen LogP contribution is -2.47. The first kappa shape index (κ1) is 26.9. The standard InChI is InChI=1S/C19H33N3O.C4H8.C3H8/c1-13(19(3,4)5)10-17-14(2)21-18(11-20-17)16-9-7-6-8-15(12-23)22-16;1-2-4-3-1;1-3-2/h10,15-16,20,22-23H,6-9,11-12H2,1-5H3;1-4H2;3H2,1-2H3/b13-10+;;. The Kier molecular flexibility index (Phi) is 12.6. The molecule has 3 aliphatic rings. The van der Waals surface area contributed by atoms with Crippen LogP contribution in [-0.2, 0) is 0 Å². The number of rotatable bonds is 3. The van der Waals surface area contributed by atoms with E-state index in [-0.39, 0.29) is 24.1 Å². The van der Waals surface area contributed by atoms with E-state index in [0.29, 0.717) is 0 Å². The van der Waals surface area contributed by atoms with Gasteiger partial charge in [-0.25, -0.2) is 0 Å². The summed E-state index contributed by atoms with van der Waals surface area (Å²) in [5.41, 5.74) is 4.89. The molecule has 2 aliphatic heterocycles. The number of nitrogens with zero attached hydrogens (tertiary/aromatic N) is 1. The molecule has 0 aromatic rings. The molecule has 0 aromatic carbocycles. The molecular formula is C26H49N3O. The lowest BCUT2D eigenvalue weighted by Gasteiger charge is -2.27. The third-order valence-electron chi connectivity index (χ3n) is 6.06. The van der Waals surface area contributed by atoms with Gasteiger partial charge in [0, 0.05) is 12.1 Å². The lowest BCUT2D eigenvalue weighted by molar-refractivity contribution is 0.236. The van der Waals surface area contributed by atoms with Crippen LogP contribution in [0.2, 0.25) is 0 Å². The van der Waals surface area contributed by atoms with Crippen LogP contribution in [0.3, 0.4) is 0 Å². The van der Waals surface area contributed by atoms with Gasteiger partial charge in [-0.2, -0.15) is 0 Å². The highest BCUT2D eigenvalue weighted by Gasteiger charge is 2.25. The van der Waals surface area contributed by atoms with Gasteiger partial charge in [0.1, 0.15) is 0 Å². The van der Waals surface area contributed by atoms with E-state index >= 15 is 0 Å². The van der Waals surface area contributed by atoms with Crippen molar-refractivity contribution in [3.05, 3.63) is 23.0 Å². The van der Waals surface area contributed by atoms with Gasteiger partial charge >= 0.3 is 0 Å². The second-order valence-corrected chi connectivity index (χ2v) is 10.0. The number of nitrogens with one attached hydrogen (secondary N) is 2. The molecular weight excluding hydrogens is 370 g/mol. The first-order chi connectivity index (χ1) is 14.2. The Hall–Kier alpha value is -1.13. The van der Waals surface area contributed by atoms with Crippen molar-refractivity contribution in [1.29, 1.82) is 0 Å². The van der Waals surface area contributed by atoms with Gasteiger partial charge < -0.3 is 15.7 Å². The number of allylic oxidation sites excluding steroid dienone is 3. The second kappa shape index (κ2) is 14.0. The van der Waals surface area contributed by atoms with Crippen molar-refractivity contribution in [3.63, 3.8) is 0 Å². The Bertz CT molecular complexity index is 576. The third-order valence-corrected chi connectivity index (χ3v) is 6.06. The van der Waals surface area contributed by atoms with Crippen molar-refractivity contribution in [2.75, 3.05) is 13.2 Å². The smallest absolute Gasteiger partial charge is 0.0604 e. The molecule has 2 heterocycles. The molecule has 0 spiro atoms. The third kappa shape index (κ3) is 9.78. The minimum atomic E-state index is 0.177. The molecule has 3 rings (SSSR count). The molecule has 2 unspecified atom stereocenters. The maximum absolute atomic E-state index is 9.47. The molecule has 30 heavy (non-hydrogen) atoms. The van der Waals surface area contributed by atoms with Crippen molar-refractivity contribution in [2.24, 2.45) is 10.4 Å². The summed E-state index contributed by atoms with van der Waals surface area (Å²) in [6.45, 7) is 16.2. The molecule has 0 aromatic heterocycles. The molecule has 2 fully saturated rings. The van der Waals surface area contributed by atoms with Crippen molar-refractivity contribution >= 4 is 5.71 Å². The summed E-state index contributed by atoms with van der Waals surface area (Å²) in [5.74, 6) is 0. The molecule has 0 radical (unpaired) electrons. The minimum Gasteiger partial charge on any atom is -0.395 e. The summed E-state index contributed by atoms with van der Waals surface area (Å²) in [5, 5.41) is 16.6. The SMILES string of the molecule is C1CCC1.CC1=C(/C=C(\C)C(C)(C)C)NCC(C2CCCCC(CO)N2)=N1.CCC. The number of hydrogen-bond donors (Lipinski definition) is 3. The highest BCUT2D eigenvalue weighted by atomic mass is 16.3. The van der Waals surface area contributed by atoms with Crippen LogP contribution in [0.4, 0.5) is 0 Å².